The van der Waals surface area contributed by atoms with Gasteiger partial charge in [0.05, 0.1) is 40.7 Å². The summed E-state index contributed by atoms with van der Waals surface area (Å²) in [7, 11) is 0. The molecule has 3 aliphatic heterocycles. The lowest BCUT2D eigenvalue weighted by molar-refractivity contribution is -0.269. The van der Waals surface area contributed by atoms with Crippen LogP contribution in [0.25, 0.3) is 0 Å². The third kappa shape index (κ3) is 6.02. The molecule has 5 rings (SSSR count). The molecule has 0 aromatic heterocycles. The lowest BCUT2D eigenvalue weighted by Crippen LogP contribution is -2.58. The lowest BCUT2D eigenvalue weighted by atomic mass is 9.51. The van der Waals surface area contributed by atoms with Crippen molar-refractivity contribution in [3.8, 4) is 0 Å². The number of fused-ring (bicyclic) bond motifs is 5. The van der Waals surface area contributed by atoms with Crippen molar-refractivity contribution in [2.75, 3.05) is 0 Å². The molecule has 0 aromatic carbocycles. The maximum atomic E-state index is 12.7. The summed E-state index contributed by atoms with van der Waals surface area (Å²) < 4.78 is 38.0. The van der Waals surface area contributed by atoms with Gasteiger partial charge in [0, 0.05) is 38.0 Å². The quantitative estimate of drug-likeness (QED) is 0.281. The predicted molar refractivity (Wildman–Crippen MR) is 169 cm³/mol. The molecule has 1 unspecified atom stereocenters. The highest BCUT2D eigenvalue weighted by atomic mass is 16.6. The van der Waals surface area contributed by atoms with Gasteiger partial charge in [-0.15, -0.1) is 0 Å². The molecule has 46 heavy (non-hydrogen) atoms. The van der Waals surface area contributed by atoms with E-state index in [0.717, 1.165) is 12.8 Å². The number of hydrogen-bond acceptors (Lipinski definition) is 10. The Morgan fingerprint density at radius 3 is 1.89 bits per heavy atom. The Morgan fingerprint density at radius 1 is 0.717 bits per heavy atom. The summed E-state index contributed by atoms with van der Waals surface area (Å²) in [6.07, 6.45) is 2.83. The second-order valence-electron chi connectivity index (χ2n) is 17.1. The molecule has 5 aliphatic rings. The summed E-state index contributed by atoms with van der Waals surface area (Å²) in [4.78, 5) is 37.5. The highest BCUT2D eigenvalue weighted by Gasteiger charge is 2.72. The van der Waals surface area contributed by atoms with E-state index < -0.39 is 69.4 Å². The van der Waals surface area contributed by atoms with Gasteiger partial charge in [0.15, 0.2) is 0 Å². The molecule has 10 nitrogen and oxygen atoms in total. The standard InChI is InChI=1S/C36H58O10/c1-20(37)41-23-12-16-33(8)25(44-31(23,4)5)13-17-34(9)29(33)27(42-21(2)38)28(43-22(3)39)30(34)35(10,40)18-14-26-36(11)19-15-24(46-36)32(6,7)45-26/h23-30,40H,12-19H2,1-11H3/t23-,24-,25+,26+,27+,28+,29+,30+,33-,34+,35?,36+/m1/s1. The second kappa shape index (κ2) is 11.7. The third-order valence-electron chi connectivity index (χ3n) is 12.7. The van der Waals surface area contributed by atoms with E-state index in [1.165, 1.54) is 20.8 Å². The van der Waals surface area contributed by atoms with E-state index in [1.807, 2.05) is 20.8 Å². The normalized spacial score (nSPS) is 45.4. The molecule has 12 atom stereocenters. The Bertz CT molecular complexity index is 1210. The van der Waals surface area contributed by atoms with Crippen LogP contribution in [0.3, 0.4) is 0 Å². The van der Waals surface area contributed by atoms with Gasteiger partial charge in [-0.1, -0.05) is 13.8 Å². The van der Waals surface area contributed by atoms with Crippen molar-refractivity contribution in [2.45, 2.75) is 187 Å². The monoisotopic (exact) mass is 650 g/mol. The van der Waals surface area contributed by atoms with Gasteiger partial charge in [0.25, 0.3) is 0 Å². The zero-order valence-electron chi connectivity index (χ0n) is 29.9. The topological polar surface area (TPSA) is 127 Å². The largest absolute Gasteiger partial charge is 0.460 e. The lowest BCUT2D eigenvalue weighted by Gasteiger charge is -2.56. The van der Waals surface area contributed by atoms with Crippen LogP contribution >= 0.6 is 0 Å². The van der Waals surface area contributed by atoms with E-state index in [-0.39, 0.29) is 30.2 Å². The van der Waals surface area contributed by atoms with Crippen LogP contribution in [0.4, 0.5) is 0 Å². The molecule has 2 saturated carbocycles. The first-order chi connectivity index (χ1) is 21.1. The molecule has 2 bridgehead atoms. The van der Waals surface area contributed by atoms with E-state index in [1.54, 1.807) is 0 Å². The van der Waals surface area contributed by atoms with Crippen LogP contribution in [0.15, 0.2) is 0 Å². The van der Waals surface area contributed by atoms with Crippen LogP contribution in [0.2, 0.25) is 0 Å². The van der Waals surface area contributed by atoms with Gasteiger partial charge in [0.2, 0.25) is 0 Å². The molecule has 5 fully saturated rings. The highest BCUT2D eigenvalue weighted by Crippen LogP contribution is 2.68. The van der Waals surface area contributed by atoms with Crippen LogP contribution in [-0.4, -0.2) is 82.0 Å². The first-order valence-electron chi connectivity index (χ1n) is 17.3. The fourth-order valence-corrected chi connectivity index (χ4v) is 10.7. The molecular formula is C36H58O10. The van der Waals surface area contributed by atoms with Crippen LogP contribution in [-0.2, 0) is 42.8 Å². The smallest absolute Gasteiger partial charge is 0.303 e. The number of aliphatic hydroxyl groups is 1. The molecule has 0 aromatic rings. The number of esters is 3. The zero-order chi connectivity index (χ0) is 34.3. The molecule has 10 heteroatoms. The second-order valence-corrected chi connectivity index (χ2v) is 17.1. The van der Waals surface area contributed by atoms with Crippen molar-refractivity contribution in [1.82, 2.24) is 0 Å². The van der Waals surface area contributed by atoms with E-state index in [4.69, 9.17) is 28.4 Å². The van der Waals surface area contributed by atoms with E-state index in [9.17, 15) is 19.5 Å². The SMILES string of the molecule is CC(=O)O[C@H]1[C@H](OC(C)=O)[C@H](C(C)(O)CC[C@@H]2OC(C)(C)[C@H]3CC[C@]2(C)O3)[C@@]2(C)CC[C@@H]3OC(C)(C)[C@H](OC(C)=O)CC[C@@]3(C)[C@H]12. The molecule has 2 aliphatic carbocycles. The number of carbonyl (C=O) groups excluding carboxylic acids is 3. The highest BCUT2D eigenvalue weighted by molar-refractivity contribution is 5.68. The van der Waals surface area contributed by atoms with E-state index in [2.05, 4.69) is 34.6 Å². The van der Waals surface area contributed by atoms with Gasteiger partial charge in [-0.2, -0.15) is 0 Å². The van der Waals surface area contributed by atoms with Gasteiger partial charge in [-0.3, -0.25) is 14.4 Å². The molecule has 1 N–H and O–H groups in total. The molecule has 3 saturated heterocycles. The molecule has 0 spiro atoms. The van der Waals surface area contributed by atoms with E-state index >= 15 is 0 Å². The van der Waals surface area contributed by atoms with Gasteiger partial charge < -0.3 is 33.5 Å². The fraction of sp³-hybridized carbons (Fsp3) is 0.917. The molecule has 0 radical (unpaired) electrons. The summed E-state index contributed by atoms with van der Waals surface area (Å²) >= 11 is 0. The maximum Gasteiger partial charge on any atom is 0.303 e. The first-order valence-corrected chi connectivity index (χ1v) is 17.3. The van der Waals surface area contributed by atoms with Crippen molar-refractivity contribution >= 4 is 17.9 Å². The van der Waals surface area contributed by atoms with Crippen LogP contribution in [0, 0.1) is 22.7 Å². The summed E-state index contributed by atoms with van der Waals surface area (Å²) in [5.74, 6) is -2.17. The van der Waals surface area contributed by atoms with Crippen LogP contribution in [0.1, 0.15) is 128 Å². The number of carbonyl (C=O) groups is 3. The Kier molecular flexibility index (Phi) is 9.04. The van der Waals surface area contributed by atoms with Crippen molar-refractivity contribution in [3.63, 3.8) is 0 Å². The van der Waals surface area contributed by atoms with Gasteiger partial charge in [-0.25, -0.2) is 0 Å². The minimum absolute atomic E-state index is 0.0461. The average Bonchev–Trinajstić information content (AvgIpc) is 3.37. The fourth-order valence-electron chi connectivity index (χ4n) is 10.7. The van der Waals surface area contributed by atoms with Gasteiger partial charge >= 0.3 is 17.9 Å². The van der Waals surface area contributed by atoms with Crippen molar-refractivity contribution in [2.24, 2.45) is 22.7 Å². The maximum absolute atomic E-state index is 12.7. The number of rotatable bonds is 7. The van der Waals surface area contributed by atoms with E-state index in [0.29, 0.717) is 38.5 Å². The average molecular weight is 651 g/mol. The molecule has 262 valence electrons. The first kappa shape index (κ1) is 35.6. The summed E-state index contributed by atoms with van der Waals surface area (Å²) in [6.45, 7) is 20.4. The third-order valence-corrected chi connectivity index (χ3v) is 12.7. The molecule has 3 heterocycles. The van der Waals surface area contributed by atoms with Gasteiger partial charge in [0.1, 0.15) is 18.3 Å². The number of hydrogen-bond donors (Lipinski definition) is 1. The zero-order valence-corrected chi connectivity index (χ0v) is 29.9. The van der Waals surface area contributed by atoms with Crippen LogP contribution < -0.4 is 0 Å². The van der Waals surface area contributed by atoms with Crippen molar-refractivity contribution in [1.29, 1.82) is 0 Å². The summed E-state index contributed by atoms with van der Waals surface area (Å²) in [5.41, 5.74) is -4.03. The summed E-state index contributed by atoms with van der Waals surface area (Å²) in [6, 6.07) is 0. The van der Waals surface area contributed by atoms with Gasteiger partial charge in [-0.05, 0) is 98.3 Å². The number of ether oxygens (including phenoxy) is 6. The predicted octanol–water partition coefficient (Wildman–Crippen LogP) is 5.44. The van der Waals surface area contributed by atoms with Crippen molar-refractivity contribution < 1.29 is 47.9 Å². The Hall–Kier alpha value is -1.75. The molecule has 0 amide bonds. The van der Waals surface area contributed by atoms with Crippen molar-refractivity contribution in [3.05, 3.63) is 0 Å². The van der Waals surface area contributed by atoms with Crippen LogP contribution in [0.5, 0.6) is 0 Å². The minimum Gasteiger partial charge on any atom is -0.460 e. The Balaban J connectivity index is 1.52. The Morgan fingerprint density at radius 2 is 1.28 bits per heavy atom. The minimum atomic E-state index is -1.31. The summed E-state index contributed by atoms with van der Waals surface area (Å²) in [5, 5.41) is 12.6. The Labute approximate surface area is 274 Å². The molecular weight excluding hydrogens is 592 g/mol.